The Morgan fingerprint density at radius 3 is 2.59 bits per heavy atom. The van der Waals surface area contributed by atoms with Gasteiger partial charge in [0, 0.05) is 12.0 Å². The Labute approximate surface area is 160 Å². The molecule has 2 atom stereocenters. The lowest BCUT2D eigenvalue weighted by molar-refractivity contribution is 0.158. The molecule has 5 nitrogen and oxygen atoms in total. The van der Waals surface area contributed by atoms with Crippen molar-refractivity contribution >= 4 is 21.4 Å². The van der Waals surface area contributed by atoms with E-state index in [1.165, 1.54) is 23.5 Å². The van der Waals surface area contributed by atoms with Crippen LogP contribution in [-0.2, 0) is 6.42 Å². The fraction of sp³-hybridized carbons (Fsp3) is 0.200. The molecule has 2 aromatic heterocycles. The topological polar surface area (TPSA) is 62.5 Å². The highest BCUT2D eigenvalue weighted by atomic mass is 32.1. The molecular weight excluding hydrogens is 363 g/mol. The summed E-state index contributed by atoms with van der Waals surface area (Å²) in [6.07, 6.45) is 1.86. The highest BCUT2D eigenvalue weighted by Gasteiger charge is 2.17. The molecule has 4 aromatic rings. The Kier molecular flexibility index (Phi) is 4.87. The van der Waals surface area contributed by atoms with Crippen molar-refractivity contribution in [1.82, 2.24) is 14.6 Å². The van der Waals surface area contributed by atoms with Gasteiger partial charge in [0.2, 0.25) is 10.1 Å². The first-order chi connectivity index (χ1) is 13.1. The van der Waals surface area contributed by atoms with E-state index in [0.717, 1.165) is 21.8 Å². The molecule has 0 amide bonds. The number of rotatable bonds is 6. The summed E-state index contributed by atoms with van der Waals surface area (Å²) < 4.78 is 14.8. The van der Waals surface area contributed by atoms with Crippen LogP contribution in [0.4, 0.5) is 9.52 Å². The number of hydrogen-bond donors (Lipinski definition) is 2. The summed E-state index contributed by atoms with van der Waals surface area (Å²) in [5, 5.41) is 18.9. The van der Waals surface area contributed by atoms with E-state index >= 15 is 0 Å². The molecule has 0 saturated heterocycles. The summed E-state index contributed by atoms with van der Waals surface area (Å²) in [7, 11) is 0. The summed E-state index contributed by atoms with van der Waals surface area (Å²) in [4.78, 5) is 5.28. The predicted molar refractivity (Wildman–Crippen MR) is 105 cm³/mol. The van der Waals surface area contributed by atoms with Gasteiger partial charge in [-0.15, -0.1) is 5.10 Å². The van der Waals surface area contributed by atoms with E-state index < -0.39 is 6.10 Å². The van der Waals surface area contributed by atoms with E-state index in [1.807, 2.05) is 43.5 Å². The lowest BCUT2D eigenvalue weighted by atomic mass is 10.0. The monoisotopic (exact) mass is 382 g/mol. The highest BCUT2D eigenvalue weighted by molar-refractivity contribution is 7.20. The van der Waals surface area contributed by atoms with Crippen molar-refractivity contribution in [3.63, 3.8) is 0 Å². The number of aliphatic hydroxyl groups excluding tert-OH is 1. The van der Waals surface area contributed by atoms with Crippen LogP contribution in [-0.4, -0.2) is 31.9 Å². The smallest absolute Gasteiger partial charge is 0.214 e. The van der Waals surface area contributed by atoms with Crippen LogP contribution in [0.1, 0.15) is 12.5 Å². The minimum atomic E-state index is -0.529. The Balaban J connectivity index is 1.44. The van der Waals surface area contributed by atoms with Crippen molar-refractivity contribution in [2.45, 2.75) is 25.5 Å². The first-order valence-electron chi connectivity index (χ1n) is 8.69. The van der Waals surface area contributed by atoms with Crippen LogP contribution < -0.4 is 5.32 Å². The number of fused-ring (bicyclic) bond motifs is 1. The number of nitrogens with one attached hydrogen (secondary N) is 1. The maximum absolute atomic E-state index is 13.1. The first-order valence-corrected chi connectivity index (χ1v) is 9.51. The van der Waals surface area contributed by atoms with E-state index in [2.05, 4.69) is 15.4 Å². The molecule has 2 aromatic carbocycles. The van der Waals surface area contributed by atoms with Crippen molar-refractivity contribution in [2.24, 2.45) is 0 Å². The van der Waals surface area contributed by atoms with Gasteiger partial charge in [0.1, 0.15) is 5.82 Å². The van der Waals surface area contributed by atoms with Gasteiger partial charge in [0.05, 0.1) is 24.0 Å². The van der Waals surface area contributed by atoms with E-state index in [9.17, 15) is 9.50 Å². The second kappa shape index (κ2) is 7.46. The third kappa shape index (κ3) is 3.99. The molecule has 4 rings (SSSR count). The molecule has 0 aliphatic carbocycles. The third-order valence-corrected chi connectivity index (χ3v) is 5.25. The van der Waals surface area contributed by atoms with Crippen LogP contribution in [0.5, 0.6) is 0 Å². The van der Waals surface area contributed by atoms with Crippen LogP contribution >= 0.6 is 11.3 Å². The lowest BCUT2D eigenvalue weighted by Crippen LogP contribution is -2.32. The number of aliphatic hydroxyl groups is 1. The van der Waals surface area contributed by atoms with Crippen LogP contribution in [0.15, 0.2) is 60.8 Å². The second-order valence-electron chi connectivity index (χ2n) is 6.46. The molecule has 0 radical (unpaired) electrons. The molecule has 27 heavy (non-hydrogen) atoms. The average Bonchev–Trinajstić information content (AvgIpc) is 3.21. The van der Waals surface area contributed by atoms with Crippen molar-refractivity contribution in [3.8, 4) is 11.3 Å². The zero-order valence-corrected chi connectivity index (χ0v) is 15.5. The zero-order chi connectivity index (χ0) is 18.8. The van der Waals surface area contributed by atoms with Crippen molar-refractivity contribution in [3.05, 3.63) is 72.2 Å². The van der Waals surface area contributed by atoms with Gasteiger partial charge < -0.3 is 10.4 Å². The number of benzene rings is 2. The molecule has 2 N–H and O–H groups in total. The van der Waals surface area contributed by atoms with Crippen molar-refractivity contribution in [2.75, 3.05) is 5.32 Å². The van der Waals surface area contributed by atoms with Gasteiger partial charge in [-0.3, -0.25) is 0 Å². The second-order valence-corrected chi connectivity index (χ2v) is 7.41. The molecule has 0 aliphatic heterocycles. The molecule has 0 saturated carbocycles. The van der Waals surface area contributed by atoms with Gasteiger partial charge in [0.25, 0.3) is 0 Å². The van der Waals surface area contributed by atoms with Gasteiger partial charge in [-0.05, 0) is 36.8 Å². The van der Waals surface area contributed by atoms with Gasteiger partial charge in [-0.1, -0.05) is 41.7 Å². The fourth-order valence-electron chi connectivity index (χ4n) is 2.84. The fourth-order valence-corrected chi connectivity index (χ4v) is 3.72. The van der Waals surface area contributed by atoms with Gasteiger partial charge in [0.15, 0.2) is 0 Å². The van der Waals surface area contributed by atoms with E-state index in [1.54, 1.807) is 16.6 Å². The Morgan fingerprint density at radius 2 is 1.89 bits per heavy atom. The third-order valence-electron chi connectivity index (χ3n) is 4.40. The molecule has 0 fully saturated rings. The quantitative estimate of drug-likeness (QED) is 0.529. The first kappa shape index (κ1) is 17.6. The number of aromatic nitrogens is 3. The summed E-state index contributed by atoms with van der Waals surface area (Å²) in [5.41, 5.74) is 2.68. The van der Waals surface area contributed by atoms with Gasteiger partial charge >= 0.3 is 0 Å². The highest BCUT2D eigenvalue weighted by Crippen LogP contribution is 2.25. The van der Waals surface area contributed by atoms with Crippen LogP contribution in [0.25, 0.3) is 16.2 Å². The van der Waals surface area contributed by atoms with E-state index in [0.29, 0.717) is 11.6 Å². The van der Waals surface area contributed by atoms with Gasteiger partial charge in [-0.25, -0.2) is 13.9 Å². The number of halogens is 1. The summed E-state index contributed by atoms with van der Waals surface area (Å²) >= 11 is 1.41. The number of imidazole rings is 1. The predicted octanol–water partition coefficient (Wildman–Crippen LogP) is 4.00. The largest absolute Gasteiger partial charge is 0.391 e. The summed E-state index contributed by atoms with van der Waals surface area (Å²) in [6, 6.07) is 16.0. The minimum absolute atomic E-state index is 0.155. The number of nitrogens with zero attached hydrogens (tertiary/aromatic N) is 3. The van der Waals surface area contributed by atoms with Crippen LogP contribution in [0.3, 0.4) is 0 Å². The number of anilines is 1. The zero-order valence-electron chi connectivity index (χ0n) is 14.7. The molecule has 2 heterocycles. The molecule has 0 bridgehead atoms. The van der Waals surface area contributed by atoms with Gasteiger partial charge in [-0.2, -0.15) is 0 Å². The molecule has 0 aliphatic rings. The Bertz CT molecular complexity index is 998. The van der Waals surface area contributed by atoms with Crippen molar-refractivity contribution < 1.29 is 9.50 Å². The molecule has 0 spiro atoms. The average molecular weight is 382 g/mol. The molecule has 138 valence electrons. The van der Waals surface area contributed by atoms with Crippen LogP contribution in [0, 0.1) is 5.82 Å². The summed E-state index contributed by atoms with van der Waals surface area (Å²) in [6.45, 7) is 1.93. The standard InChI is InChI=1S/C20H19FN4OS/c1-13(18(26)11-14-5-3-2-4-6-14)22-19-24-25-12-17(23-20(25)27-19)15-7-9-16(21)10-8-15/h2-10,12-13,18,26H,11H2,1H3,(H,22,24). The van der Waals surface area contributed by atoms with Crippen LogP contribution in [0.2, 0.25) is 0 Å². The minimum Gasteiger partial charge on any atom is -0.391 e. The Morgan fingerprint density at radius 1 is 1.15 bits per heavy atom. The summed E-state index contributed by atoms with van der Waals surface area (Å²) in [5.74, 6) is -0.271. The van der Waals surface area contributed by atoms with E-state index in [4.69, 9.17) is 0 Å². The number of hydrogen-bond acceptors (Lipinski definition) is 5. The maximum atomic E-state index is 13.1. The molecule has 7 heteroatoms. The molecule has 2 unspecified atom stereocenters. The normalized spacial score (nSPS) is 13.6. The molecular formula is C20H19FN4OS. The Hall–Kier alpha value is -2.77. The van der Waals surface area contributed by atoms with E-state index in [-0.39, 0.29) is 11.9 Å². The lowest BCUT2D eigenvalue weighted by Gasteiger charge is -2.19. The van der Waals surface area contributed by atoms with Crippen molar-refractivity contribution in [1.29, 1.82) is 0 Å². The SMILES string of the molecule is CC(Nc1nn2cc(-c3ccc(F)cc3)nc2s1)C(O)Cc1ccccc1. The maximum Gasteiger partial charge on any atom is 0.214 e.